The van der Waals surface area contributed by atoms with Gasteiger partial charge in [-0.05, 0) is 63.2 Å². The Morgan fingerprint density at radius 1 is 1.13 bits per heavy atom. The van der Waals surface area contributed by atoms with E-state index in [9.17, 15) is 9.18 Å². The van der Waals surface area contributed by atoms with Crippen LogP contribution in [0.15, 0.2) is 67.0 Å². The van der Waals surface area contributed by atoms with E-state index in [0.29, 0.717) is 17.0 Å². The molecule has 0 aliphatic carbocycles. The van der Waals surface area contributed by atoms with Crippen LogP contribution in [0, 0.1) is 5.82 Å². The summed E-state index contributed by atoms with van der Waals surface area (Å²) in [6, 6.07) is 15.5. The molecule has 9 nitrogen and oxygen atoms in total. The first-order chi connectivity index (χ1) is 18.9. The Bertz CT molecular complexity index is 1480. The van der Waals surface area contributed by atoms with Crippen LogP contribution < -0.4 is 15.4 Å². The van der Waals surface area contributed by atoms with Crippen molar-refractivity contribution in [2.24, 2.45) is 0 Å². The third-order valence-corrected chi connectivity index (χ3v) is 7.62. The van der Waals surface area contributed by atoms with Gasteiger partial charge in [0, 0.05) is 47.9 Å². The van der Waals surface area contributed by atoms with Gasteiger partial charge in [-0.1, -0.05) is 18.2 Å². The number of amides is 1. The average Bonchev–Trinajstić information content (AvgIpc) is 3.57. The summed E-state index contributed by atoms with van der Waals surface area (Å²) in [6.07, 6.45) is 4.68. The summed E-state index contributed by atoms with van der Waals surface area (Å²) in [6.45, 7) is 3.59. The van der Waals surface area contributed by atoms with Crippen molar-refractivity contribution in [3.63, 3.8) is 0 Å². The second kappa shape index (κ2) is 10.1. The quantitative estimate of drug-likeness (QED) is 0.343. The van der Waals surface area contributed by atoms with Gasteiger partial charge in [0.1, 0.15) is 6.10 Å². The van der Waals surface area contributed by atoms with Crippen molar-refractivity contribution in [3.8, 4) is 17.1 Å². The Kier molecular flexibility index (Phi) is 6.48. The van der Waals surface area contributed by atoms with E-state index in [1.165, 1.54) is 6.07 Å². The fourth-order valence-corrected chi connectivity index (χ4v) is 5.36. The number of H-pyrrole nitrogens is 1. The second-order valence-electron chi connectivity index (χ2n) is 10.3. The molecule has 1 saturated heterocycles. The lowest BCUT2D eigenvalue weighted by Crippen LogP contribution is -2.46. The minimum absolute atomic E-state index is 0.202. The largest absolute Gasteiger partial charge is 0.485 e. The van der Waals surface area contributed by atoms with Crippen molar-refractivity contribution < 1.29 is 13.9 Å². The molecule has 0 spiro atoms. The number of piperidine rings is 1. The number of carbonyl (C=O) groups excluding carboxylic acids is 1. The second-order valence-corrected chi connectivity index (χ2v) is 10.3. The molecule has 0 radical (unpaired) electrons. The number of aromatic nitrogens is 4. The van der Waals surface area contributed by atoms with E-state index in [1.54, 1.807) is 30.6 Å². The summed E-state index contributed by atoms with van der Waals surface area (Å²) in [5.41, 5.74) is 2.35. The molecular formula is C29H30FN7O2. The van der Waals surface area contributed by atoms with Crippen molar-refractivity contribution in [1.29, 1.82) is 0 Å². The number of anilines is 1. The van der Waals surface area contributed by atoms with E-state index in [4.69, 9.17) is 9.72 Å². The lowest BCUT2D eigenvalue weighted by Gasteiger charge is -2.40. The fourth-order valence-electron chi connectivity index (χ4n) is 5.36. The molecule has 1 fully saturated rings. The van der Waals surface area contributed by atoms with Gasteiger partial charge in [0.05, 0.1) is 11.6 Å². The molecule has 4 aromatic rings. The van der Waals surface area contributed by atoms with E-state index in [1.807, 2.05) is 37.3 Å². The Balaban J connectivity index is 1.25. The Morgan fingerprint density at radius 2 is 1.90 bits per heavy atom. The van der Waals surface area contributed by atoms with Crippen molar-refractivity contribution >= 4 is 11.6 Å². The topological polar surface area (TPSA) is 108 Å². The maximum absolute atomic E-state index is 14.2. The van der Waals surface area contributed by atoms with E-state index < -0.39 is 17.4 Å². The molecule has 2 unspecified atom stereocenters. The number of aromatic amines is 1. The number of ether oxygens (including phenoxy) is 1. The SMILES string of the molecule is CC1Oc2c(F)cccc2C1NC(=O)c1cccc(NC2(c3nc(-c4ccncc4)n[nH]3)CCN(C)CC2)c1. The van der Waals surface area contributed by atoms with Crippen molar-refractivity contribution in [2.75, 3.05) is 25.5 Å². The van der Waals surface area contributed by atoms with E-state index >= 15 is 0 Å². The Hall–Kier alpha value is -4.31. The number of benzene rings is 2. The number of likely N-dealkylation sites (tertiary alicyclic amines) is 1. The van der Waals surface area contributed by atoms with Gasteiger partial charge in [0.25, 0.3) is 5.91 Å². The number of hydrogen-bond donors (Lipinski definition) is 3. The van der Waals surface area contributed by atoms with Crippen LogP contribution in [0.1, 0.15) is 47.6 Å². The van der Waals surface area contributed by atoms with Crippen LogP contribution in [0.5, 0.6) is 5.75 Å². The van der Waals surface area contributed by atoms with Gasteiger partial charge in [-0.25, -0.2) is 9.37 Å². The minimum atomic E-state index is -0.482. The maximum Gasteiger partial charge on any atom is 0.251 e. The molecule has 2 atom stereocenters. The molecule has 0 saturated carbocycles. The molecule has 2 aliphatic rings. The van der Waals surface area contributed by atoms with Gasteiger partial charge in [0.15, 0.2) is 23.2 Å². The van der Waals surface area contributed by atoms with Crippen molar-refractivity contribution in [1.82, 2.24) is 30.4 Å². The van der Waals surface area contributed by atoms with Gasteiger partial charge in [-0.15, -0.1) is 0 Å². The first kappa shape index (κ1) is 25.0. The van der Waals surface area contributed by atoms with Crippen LogP contribution in [0.4, 0.5) is 10.1 Å². The monoisotopic (exact) mass is 527 g/mol. The molecule has 200 valence electrons. The van der Waals surface area contributed by atoms with Gasteiger partial charge in [-0.3, -0.25) is 14.9 Å². The molecule has 0 bridgehead atoms. The predicted molar refractivity (Wildman–Crippen MR) is 145 cm³/mol. The van der Waals surface area contributed by atoms with E-state index in [2.05, 4.69) is 37.8 Å². The molecular weight excluding hydrogens is 497 g/mol. The van der Waals surface area contributed by atoms with Gasteiger partial charge >= 0.3 is 0 Å². The van der Waals surface area contributed by atoms with E-state index in [-0.39, 0.29) is 17.8 Å². The number of nitrogens with zero attached hydrogens (tertiary/aromatic N) is 4. The minimum Gasteiger partial charge on any atom is -0.485 e. The highest BCUT2D eigenvalue weighted by molar-refractivity contribution is 5.95. The maximum atomic E-state index is 14.2. The van der Waals surface area contributed by atoms with Gasteiger partial charge < -0.3 is 20.3 Å². The van der Waals surface area contributed by atoms with Crippen LogP contribution in [0.25, 0.3) is 11.4 Å². The summed E-state index contributed by atoms with van der Waals surface area (Å²) in [5.74, 6) is 0.893. The third kappa shape index (κ3) is 4.83. The molecule has 3 N–H and O–H groups in total. The zero-order valence-electron chi connectivity index (χ0n) is 21.8. The lowest BCUT2D eigenvalue weighted by atomic mass is 9.86. The number of fused-ring (bicyclic) bond motifs is 1. The number of para-hydroxylation sites is 1. The molecule has 10 heteroatoms. The zero-order chi connectivity index (χ0) is 27.0. The number of hydrogen-bond acceptors (Lipinski definition) is 7. The van der Waals surface area contributed by atoms with Crippen LogP contribution >= 0.6 is 0 Å². The van der Waals surface area contributed by atoms with Crippen molar-refractivity contribution in [2.45, 2.75) is 37.5 Å². The summed E-state index contributed by atoms with van der Waals surface area (Å²) < 4.78 is 19.9. The number of pyridine rings is 1. The molecule has 2 aromatic heterocycles. The highest BCUT2D eigenvalue weighted by Crippen LogP contribution is 2.39. The van der Waals surface area contributed by atoms with Crippen LogP contribution in [-0.2, 0) is 5.54 Å². The molecule has 2 aliphatic heterocycles. The predicted octanol–water partition coefficient (Wildman–Crippen LogP) is 4.29. The zero-order valence-corrected chi connectivity index (χ0v) is 21.8. The highest BCUT2D eigenvalue weighted by Gasteiger charge is 2.39. The number of rotatable bonds is 6. The first-order valence-corrected chi connectivity index (χ1v) is 13.1. The normalized spacial score (nSPS) is 20.2. The molecule has 39 heavy (non-hydrogen) atoms. The summed E-state index contributed by atoms with van der Waals surface area (Å²) in [5, 5.41) is 14.4. The Labute approximate surface area is 225 Å². The standard InChI is InChI=1S/C29H30FN7O2/c1-18-24(22-7-4-8-23(30)25(22)39-18)32-27(38)20-5-3-6-21(17-20)34-29(11-15-37(2)16-12-29)28-33-26(35-36-28)19-9-13-31-14-10-19/h3-10,13-14,17-18,24,34H,11-12,15-16H2,1-2H3,(H,32,38)(H,33,35,36). The molecule has 2 aromatic carbocycles. The van der Waals surface area contributed by atoms with Gasteiger partial charge in [0.2, 0.25) is 0 Å². The number of nitrogens with one attached hydrogen (secondary N) is 3. The van der Waals surface area contributed by atoms with Gasteiger partial charge in [-0.2, -0.15) is 5.10 Å². The van der Waals surface area contributed by atoms with Crippen molar-refractivity contribution in [3.05, 3.63) is 89.8 Å². The number of halogens is 1. The average molecular weight is 528 g/mol. The molecule has 6 rings (SSSR count). The smallest absolute Gasteiger partial charge is 0.251 e. The van der Waals surface area contributed by atoms with Crippen LogP contribution in [0.3, 0.4) is 0 Å². The summed E-state index contributed by atoms with van der Waals surface area (Å²) in [4.78, 5) is 24.5. The Morgan fingerprint density at radius 3 is 2.69 bits per heavy atom. The third-order valence-electron chi connectivity index (χ3n) is 7.62. The molecule has 1 amide bonds. The first-order valence-electron chi connectivity index (χ1n) is 13.1. The molecule has 4 heterocycles. The summed E-state index contributed by atoms with van der Waals surface area (Å²) >= 11 is 0. The number of carbonyl (C=O) groups is 1. The van der Waals surface area contributed by atoms with E-state index in [0.717, 1.165) is 43.0 Å². The van der Waals surface area contributed by atoms with Crippen LogP contribution in [0.2, 0.25) is 0 Å². The fraction of sp³-hybridized carbons (Fsp3) is 0.310. The highest BCUT2D eigenvalue weighted by atomic mass is 19.1. The summed E-state index contributed by atoms with van der Waals surface area (Å²) in [7, 11) is 2.11. The van der Waals surface area contributed by atoms with Crippen LogP contribution in [-0.4, -0.2) is 57.2 Å². The lowest BCUT2D eigenvalue weighted by molar-refractivity contribution is 0.0907.